The third-order valence-electron chi connectivity index (χ3n) is 2.74. The summed E-state index contributed by atoms with van der Waals surface area (Å²) >= 11 is 12.0. The molecule has 2 rings (SSSR count). The van der Waals surface area contributed by atoms with Gasteiger partial charge in [0.25, 0.3) is 0 Å². The first-order valence-electron chi connectivity index (χ1n) is 5.27. The van der Waals surface area contributed by atoms with Crippen molar-refractivity contribution in [3.63, 3.8) is 0 Å². The lowest BCUT2D eigenvalue weighted by Gasteiger charge is -2.18. The maximum Gasteiger partial charge on any atom is 0.225 e. The third kappa shape index (κ3) is 2.50. The normalized spacial score (nSPS) is 14.9. The fraction of sp³-hybridized carbons (Fsp3) is 0.417. The van der Waals surface area contributed by atoms with Crippen molar-refractivity contribution in [1.29, 1.82) is 0 Å². The van der Waals surface area contributed by atoms with E-state index in [1.807, 2.05) is 12.1 Å². The molecule has 1 saturated carbocycles. The van der Waals surface area contributed by atoms with Gasteiger partial charge in [0.15, 0.2) is 0 Å². The molecule has 0 atom stereocenters. The highest BCUT2D eigenvalue weighted by Crippen LogP contribution is 2.32. The van der Waals surface area contributed by atoms with Gasteiger partial charge < -0.3 is 4.90 Å². The third-order valence-corrected chi connectivity index (χ3v) is 3.60. The number of hydrogen-bond acceptors (Lipinski definition) is 1. The van der Waals surface area contributed by atoms with Gasteiger partial charge in [0.05, 0.1) is 10.0 Å². The van der Waals surface area contributed by atoms with Gasteiger partial charge in [-0.25, -0.2) is 0 Å². The zero-order valence-electron chi connectivity index (χ0n) is 9.04. The van der Waals surface area contributed by atoms with Crippen LogP contribution in [0.3, 0.4) is 0 Å². The van der Waals surface area contributed by atoms with E-state index in [0.29, 0.717) is 16.6 Å². The first-order valence-corrected chi connectivity index (χ1v) is 6.03. The molecule has 1 aromatic carbocycles. The van der Waals surface area contributed by atoms with E-state index in [1.165, 1.54) is 0 Å². The molecule has 2 nitrogen and oxygen atoms in total. The summed E-state index contributed by atoms with van der Waals surface area (Å²) in [5.41, 5.74) is 0.894. The van der Waals surface area contributed by atoms with Crippen molar-refractivity contribution in [2.24, 2.45) is 5.92 Å². The van der Waals surface area contributed by atoms with Crippen molar-refractivity contribution in [2.45, 2.75) is 19.4 Å². The predicted octanol–water partition coefficient (Wildman–Crippen LogP) is 3.36. The lowest BCUT2D eigenvalue weighted by Crippen LogP contribution is -2.27. The molecule has 86 valence electrons. The number of carbonyl (C=O) groups excluding carboxylic acids is 1. The molecule has 1 amide bonds. The highest BCUT2D eigenvalue weighted by molar-refractivity contribution is 6.42. The summed E-state index contributed by atoms with van der Waals surface area (Å²) < 4.78 is 0. The molecule has 0 unspecified atom stereocenters. The van der Waals surface area contributed by atoms with Crippen molar-refractivity contribution in [3.8, 4) is 0 Å². The second kappa shape index (κ2) is 4.64. The molecule has 0 bridgehead atoms. The summed E-state index contributed by atoms with van der Waals surface area (Å²) in [5.74, 6) is 0.444. The Labute approximate surface area is 105 Å². The molecule has 0 N–H and O–H groups in total. The molecule has 1 aliphatic carbocycles. The monoisotopic (exact) mass is 257 g/mol. The van der Waals surface area contributed by atoms with Gasteiger partial charge >= 0.3 is 0 Å². The van der Waals surface area contributed by atoms with Gasteiger partial charge in [-0.05, 0) is 24.5 Å². The van der Waals surface area contributed by atoms with Crippen LogP contribution in [-0.4, -0.2) is 17.9 Å². The summed E-state index contributed by atoms with van der Waals surface area (Å²) in [6.07, 6.45) is 2.04. The average Bonchev–Trinajstić information content (AvgIpc) is 3.07. The summed E-state index contributed by atoms with van der Waals surface area (Å²) in [4.78, 5) is 13.5. The Morgan fingerprint density at radius 1 is 1.44 bits per heavy atom. The Morgan fingerprint density at radius 3 is 2.75 bits per heavy atom. The smallest absolute Gasteiger partial charge is 0.225 e. The van der Waals surface area contributed by atoms with Crippen molar-refractivity contribution < 1.29 is 4.79 Å². The van der Waals surface area contributed by atoms with Crippen LogP contribution in [0.5, 0.6) is 0 Å². The summed E-state index contributed by atoms with van der Waals surface area (Å²) in [7, 11) is 1.80. The number of hydrogen-bond donors (Lipinski definition) is 0. The molecular weight excluding hydrogens is 245 g/mol. The van der Waals surface area contributed by atoms with E-state index in [1.54, 1.807) is 18.0 Å². The van der Waals surface area contributed by atoms with Gasteiger partial charge in [0.2, 0.25) is 5.91 Å². The molecule has 0 saturated heterocycles. The molecule has 0 aromatic heterocycles. The molecule has 0 radical (unpaired) electrons. The second-order valence-corrected chi connectivity index (χ2v) is 4.97. The van der Waals surface area contributed by atoms with E-state index >= 15 is 0 Å². The molecular formula is C12H13Cl2NO. The van der Waals surface area contributed by atoms with Crippen LogP contribution < -0.4 is 0 Å². The molecule has 0 aliphatic heterocycles. The Balaban J connectivity index is 2.08. The Morgan fingerprint density at radius 2 is 2.12 bits per heavy atom. The van der Waals surface area contributed by atoms with Gasteiger partial charge in [0, 0.05) is 19.5 Å². The van der Waals surface area contributed by atoms with Crippen LogP contribution in [0.1, 0.15) is 18.4 Å². The van der Waals surface area contributed by atoms with Crippen molar-refractivity contribution in [1.82, 2.24) is 4.90 Å². The number of carbonyl (C=O) groups is 1. The maximum absolute atomic E-state index is 11.8. The summed E-state index contributed by atoms with van der Waals surface area (Å²) in [5, 5.41) is 1.08. The highest BCUT2D eigenvalue weighted by Gasteiger charge is 2.32. The zero-order chi connectivity index (χ0) is 11.7. The largest absolute Gasteiger partial charge is 0.341 e. The van der Waals surface area contributed by atoms with E-state index in [9.17, 15) is 4.79 Å². The van der Waals surface area contributed by atoms with E-state index in [0.717, 1.165) is 18.4 Å². The predicted molar refractivity (Wildman–Crippen MR) is 65.7 cm³/mol. The quantitative estimate of drug-likeness (QED) is 0.814. The Kier molecular flexibility index (Phi) is 3.41. The highest BCUT2D eigenvalue weighted by atomic mass is 35.5. The Bertz CT molecular complexity index is 415. The molecule has 1 fully saturated rings. The van der Waals surface area contributed by atoms with Gasteiger partial charge in [-0.3, -0.25) is 4.79 Å². The SMILES string of the molecule is CN(Cc1cccc(Cl)c1Cl)C(=O)C1CC1. The molecule has 4 heteroatoms. The van der Waals surface area contributed by atoms with Crippen molar-refractivity contribution >= 4 is 29.1 Å². The summed E-state index contributed by atoms with van der Waals surface area (Å²) in [6, 6.07) is 5.49. The van der Waals surface area contributed by atoms with E-state index in [-0.39, 0.29) is 11.8 Å². The number of halogens is 2. The first-order chi connectivity index (χ1) is 7.59. The van der Waals surface area contributed by atoms with Gasteiger partial charge in [-0.1, -0.05) is 35.3 Å². The van der Waals surface area contributed by atoms with Crippen LogP contribution in [0.4, 0.5) is 0 Å². The molecule has 0 heterocycles. The number of rotatable bonds is 3. The lowest BCUT2D eigenvalue weighted by atomic mass is 10.2. The average molecular weight is 258 g/mol. The van der Waals surface area contributed by atoms with E-state index in [2.05, 4.69) is 0 Å². The van der Waals surface area contributed by atoms with Gasteiger partial charge in [-0.15, -0.1) is 0 Å². The van der Waals surface area contributed by atoms with Crippen molar-refractivity contribution in [2.75, 3.05) is 7.05 Å². The van der Waals surface area contributed by atoms with Crippen LogP contribution in [0.2, 0.25) is 10.0 Å². The maximum atomic E-state index is 11.8. The minimum Gasteiger partial charge on any atom is -0.341 e. The van der Waals surface area contributed by atoms with Gasteiger partial charge in [-0.2, -0.15) is 0 Å². The number of nitrogens with zero attached hydrogens (tertiary/aromatic N) is 1. The lowest BCUT2D eigenvalue weighted by molar-refractivity contribution is -0.131. The van der Waals surface area contributed by atoms with E-state index in [4.69, 9.17) is 23.2 Å². The minimum absolute atomic E-state index is 0.205. The van der Waals surface area contributed by atoms with Crippen LogP contribution in [-0.2, 0) is 11.3 Å². The van der Waals surface area contributed by atoms with Crippen molar-refractivity contribution in [3.05, 3.63) is 33.8 Å². The molecule has 16 heavy (non-hydrogen) atoms. The fourth-order valence-electron chi connectivity index (χ4n) is 1.65. The number of benzene rings is 1. The molecule has 0 spiro atoms. The zero-order valence-corrected chi connectivity index (χ0v) is 10.6. The molecule has 1 aromatic rings. The van der Waals surface area contributed by atoms with E-state index < -0.39 is 0 Å². The fourth-order valence-corrected chi connectivity index (χ4v) is 2.03. The van der Waals surface area contributed by atoms with Crippen LogP contribution in [0, 0.1) is 5.92 Å². The Hall–Kier alpha value is -0.730. The minimum atomic E-state index is 0.205. The van der Waals surface area contributed by atoms with Gasteiger partial charge in [0.1, 0.15) is 0 Å². The standard InChI is InChI=1S/C12H13Cl2NO/c1-15(12(16)8-5-6-8)7-9-3-2-4-10(13)11(9)14/h2-4,8H,5-7H2,1H3. The summed E-state index contributed by atoms with van der Waals surface area (Å²) in [6.45, 7) is 0.523. The number of amides is 1. The first kappa shape index (κ1) is 11.7. The molecule has 1 aliphatic rings. The second-order valence-electron chi connectivity index (χ2n) is 4.18. The topological polar surface area (TPSA) is 20.3 Å². The van der Waals surface area contributed by atoms with Crippen LogP contribution in [0.25, 0.3) is 0 Å². The van der Waals surface area contributed by atoms with Crippen LogP contribution in [0.15, 0.2) is 18.2 Å². The van der Waals surface area contributed by atoms with Crippen LogP contribution >= 0.6 is 23.2 Å².